The number of rotatable bonds is 1. The van der Waals surface area contributed by atoms with Crippen LogP contribution < -0.4 is 0 Å². The first-order chi connectivity index (χ1) is 6.22. The molecule has 0 radical (unpaired) electrons. The summed E-state index contributed by atoms with van der Waals surface area (Å²) in [5.41, 5.74) is 1.13. The van der Waals surface area contributed by atoms with Crippen LogP contribution in [0.15, 0.2) is 26.5 Å². The van der Waals surface area contributed by atoms with Gasteiger partial charge in [-0.05, 0) is 33.6 Å². The Kier molecular flexibility index (Phi) is 2.98. The van der Waals surface area contributed by atoms with Crippen LogP contribution in [0.2, 0.25) is 0 Å². The summed E-state index contributed by atoms with van der Waals surface area (Å²) in [6.45, 7) is 0. The Bertz CT molecular complexity index is 450. The van der Waals surface area contributed by atoms with Crippen molar-refractivity contribution in [1.82, 2.24) is 0 Å². The number of thiophene rings is 1. The van der Waals surface area contributed by atoms with Crippen LogP contribution in [-0.4, -0.2) is 0 Å². The Morgan fingerprint density at radius 2 is 2.00 bits per heavy atom. The van der Waals surface area contributed by atoms with Gasteiger partial charge in [-0.15, -0.1) is 22.9 Å². The second kappa shape index (κ2) is 3.89. The summed E-state index contributed by atoms with van der Waals surface area (Å²) >= 11 is 14.5. The standard InChI is InChI=1S/C9H5Br2ClS/c10-7-2-9-6(1-5(7)3-12)8(11)4-13-9/h1-2,4H,3H2. The van der Waals surface area contributed by atoms with Crippen molar-refractivity contribution in [2.45, 2.75) is 5.88 Å². The summed E-state index contributed by atoms with van der Waals surface area (Å²) in [5, 5.41) is 3.33. The van der Waals surface area contributed by atoms with Crippen LogP contribution in [0.5, 0.6) is 0 Å². The number of halogens is 3. The van der Waals surface area contributed by atoms with E-state index >= 15 is 0 Å². The average Bonchev–Trinajstić information content (AvgIpc) is 2.46. The zero-order valence-electron chi connectivity index (χ0n) is 6.48. The molecule has 0 unspecified atom stereocenters. The minimum absolute atomic E-state index is 0.540. The van der Waals surface area contributed by atoms with E-state index in [0.717, 1.165) is 14.5 Å². The van der Waals surface area contributed by atoms with Crippen molar-refractivity contribution in [3.63, 3.8) is 0 Å². The van der Waals surface area contributed by atoms with Crippen LogP contribution in [0.25, 0.3) is 10.1 Å². The lowest BCUT2D eigenvalue weighted by Crippen LogP contribution is -1.79. The lowest BCUT2D eigenvalue weighted by Gasteiger charge is -2.00. The van der Waals surface area contributed by atoms with E-state index in [2.05, 4.69) is 49.4 Å². The first-order valence-corrected chi connectivity index (χ1v) is 6.63. The number of hydrogen-bond acceptors (Lipinski definition) is 1. The predicted octanol–water partition coefficient (Wildman–Crippen LogP) is 5.17. The van der Waals surface area contributed by atoms with Gasteiger partial charge in [0.1, 0.15) is 0 Å². The first-order valence-electron chi connectivity index (χ1n) is 3.63. The summed E-state index contributed by atoms with van der Waals surface area (Å²) in [7, 11) is 0. The highest BCUT2D eigenvalue weighted by Gasteiger charge is 2.05. The largest absolute Gasteiger partial charge is 0.143 e. The number of fused-ring (bicyclic) bond motifs is 1. The molecule has 68 valence electrons. The highest BCUT2D eigenvalue weighted by Crippen LogP contribution is 2.34. The minimum atomic E-state index is 0.540. The molecule has 1 heterocycles. The normalized spacial score (nSPS) is 11.0. The molecule has 2 aromatic rings. The van der Waals surface area contributed by atoms with Crippen molar-refractivity contribution in [3.05, 3.63) is 32.0 Å². The van der Waals surface area contributed by atoms with E-state index in [-0.39, 0.29) is 0 Å². The van der Waals surface area contributed by atoms with Crippen molar-refractivity contribution in [3.8, 4) is 0 Å². The molecule has 0 nitrogen and oxygen atoms in total. The van der Waals surface area contributed by atoms with Gasteiger partial charge in [0.25, 0.3) is 0 Å². The Morgan fingerprint density at radius 3 is 2.69 bits per heavy atom. The number of alkyl halides is 1. The van der Waals surface area contributed by atoms with Gasteiger partial charge in [0.2, 0.25) is 0 Å². The van der Waals surface area contributed by atoms with E-state index in [4.69, 9.17) is 11.6 Å². The molecule has 0 spiro atoms. The predicted molar refractivity (Wildman–Crippen MR) is 66.8 cm³/mol. The Morgan fingerprint density at radius 1 is 1.23 bits per heavy atom. The fraction of sp³-hybridized carbons (Fsp3) is 0.111. The summed E-state index contributed by atoms with van der Waals surface area (Å²) in [6.07, 6.45) is 0. The van der Waals surface area contributed by atoms with Gasteiger partial charge in [0.05, 0.1) is 0 Å². The van der Waals surface area contributed by atoms with E-state index in [0.29, 0.717) is 5.88 Å². The molecule has 0 saturated carbocycles. The maximum Gasteiger partial charge on any atom is 0.0485 e. The summed E-state index contributed by atoms with van der Waals surface area (Å²) in [4.78, 5) is 0. The van der Waals surface area contributed by atoms with Crippen LogP contribution in [0.4, 0.5) is 0 Å². The highest BCUT2D eigenvalue weighted by molar-refractivity contribution is 9.11. The zero-order chi connectivity index (χ0) is 9.42. The van der Waals surface area contributed by atoms with Crippen LogP contribution in [0, 0.1) is 0 Å². The fourth-order valence-corrected chi connectivity index (χ4v) is 3.76. The second-order valence-corrected chi connectivity index (χ2v) is 5.54. The lowest BCUT2D eigenvalue weighted by atomic mass is 10.2. The molecule has 13 heavy (non-hydrogen) atoms. The van der Waals surface area contributed by atoms with Gasteiger partial charge in [0, 0.05) is 30.3 Å². The molecule has 0 saturated heterocycles. The van der Waals surface area contributed by atoms with Crippen LogP contribution in [0.1, 0.15) is 5.56 Å². The topological polar surface area (TPSA) is 0 Å². The number of benzene rings is 1. The van der Waals surface area contributed by atoms with Crippen molar-refractivity contribution < 1.29 is 0 Å². The molecule has 0 bridgehead atoms. The highest BCUT2D eigenvalue weighted by atomic mass is 79.9. The Balaban J connectivity index is 2.77. The SMILES string of the molecule is ClCc1cc2c(Br)csc2cc1Br. The third-order valence-corrected chi connectivity index (χ3v) is 4.77. The molecule has 0 atom stereocenters. The van der Waals surface area contributed by atoms with Gasteiger partial charge in [-0.1, -0.05) is 15.9 Å². The number of hydrogen-bond donors (Lipinski definition) is 0. The molecule has 1 aromatic carbocycles. The summed E-state index contributed by atoms with van der Waals surface area (Å²) in [6, 6.07) is 4.23. The van der Waals surface area contributed by atoms with Crippen LogP contribution in [-0.2, 0) is 5.88 Å². The van der Waals surface area contributed by atoms with Gasteiger partial charge < -0.3 is 0 Å². The molecular formula is C9H5Br2ClS. The van der Waals surface area contributed by atoms with E-state index in [1.807, 2.05) is 0 Å². The fourth-order valence-electron chi connectivity index (χ4n) is 1.17. The molecule has 0 aliphatic heterocycles. The molecule has 0 fully saturated rings. The maximum absolute atomic E-state index is 5.81. The molecule has 4 heteroatoms. The first kappa shape index (κ1) is 9.97. The molecule has 1 aromatic heterocycles. The van der Waals surface area contributed by atoms with E-state index in [1.54, 1.807) is 11.3 Å². The van der Waals surface area contributed by atoms with Gasteiger partial charge >= 0.3 is 0 Å². The third-order valence-electron chi connectivity index (χ3n) is 1.84. The third kappa shape index (κ3) is 1.80. The van der Waals surface area contributed by atoms with Crippen molar-refractivity contribution in [2.75, 3.05) is 0 Å². The van der Waals surface area contributed by atoms with E-state index in [1.165, 1.54) is 10.1 Å². The van der Waals surface area contributed by atoms with Crippen LogP contribution >= 0.6 is 54.8 Å². The maximum atomic E-state index is 5.81. The van der Waals surface area contributed by atoms with Crippen molar-refractivity contribution >= 4 is 64.9 Å². The van der Waals surface area contributed by atoms with Gasteiger partial charge in [-0.3, -0.25) is 0 Å². The molecule has 0 amide bonds. The Labute approximate surface area is 102 Å². The van der Waals surface area contributed by atoms with Gasteiger partial charge in [0.15, 0.2) is 0 Å². The lowest BCUT2D eigenvalue weighted by molar-refractivity contribution is 1.40. The minimum Gasteiger partial charge on any atom is -0.143 e. The van der Waals surface area contributed by atoms with E-state index < -0.39 is 0 Å². The quantitative estimate of drug-likeness (QED) is 0.629. The Hall–Kier alpha value is 0.430. The molecular weight excluding hydrogens is 335 g/mol. The zero-order valence-corrected chi connectivity index (χ0v) is 11.2. The van der Waals surface area contributed by atoms with Crippen LogP contribution in [0.3, 0.4) is 0 Å². The van der Waals surface area contributed by atoms with E-state index in [9.17, 15) is 0 Å². The summed E-state index contributed by atoms with van der Waals surface area (Å²) < 4.78 is 3.50. The molecule has 2 rings (SSSR count). The molecule has 0 aliphatic carbocycles. The molecule has 0 N–H and O–H groups in total. The van der Waals surface area contributed by atoms with Gasteiger partial charge in [-0.25, -0.2) is 0 Å². The second-order valence-electron chi connectivity index (χ2n) is 2.66. The van der Waals surface area contributed by atoms with Crippen molar-refractivity contribution in [2.24, 2.45) is 0 Å². The molecule has 0 aliphatic rings. The average molecular weight is 340 g/mol. The summed E-state index contributed by atoms with van der Waals surface area (Å²) in [5.74, 6) is 0.540. The smallest absolute Gasteiger partial charge is 0.0485 e. The van der Waals surface area contributed by atoms with Crippen molar-refractivity contribution in [1.29, 1.82) is 0 Å². The monoisotopic (exact) mass is 338 g/mol. The van der Waals surface area contributed by atoms with Gasteiger partial charge in [-0.2, -0.15) is 0 Å².